The summed E-state index contributed by atoms with van der Waals surface area (Å²) in [5.74, 6) is 0.355. The van der Waals surface area contributed by atoms with Gasteiger partial charge in [0, 0.05) is 17.1 Å². The summed E-state index contributed by atoms with van der Waals surface area (Å²) < 4.78 is 27.7. The van der Waals surface area contributed by atoms with Gasteiger partial charge in [-0.3, -0.25) is 4.72 Å². The third kappa shape index (κ3) is 3.81. The fraction of sp³-hybridized carbons (Fsp3) is 0.357. The zero-order chi connectivity index (χ0) is 15.6. The van der Waals surface area contributed by atoms with E-state index in [2.05, 4.69) is 15.0 Å². The Hall–Kier alpha value is -1.44. The summed E-state index contributed by atoms with van der Waals surface area (Å²) in [5.41, 5.74) is 2.73. The third-order valence-corrected chi connectivity index (χ3v) is 6.00. The summed E-state index contributed by atoms with van der Waals surface area (Å²) in [6.45, 7) is 6.32. The Kier molecular flexibility index (Phi) is 4.65. The van der Waals surface area contributed by atoms with E-state index in [0.29, 0.717) is 16.6 Å². The maximum absolute atomic E-state index is 12.4. The molecule has 5 nitrogen and oxygen atoms in total. The van der Waals surface area contributed by atoms with E-state index in [1.54, 1.807) is 12.1 Å². The number of nitrogens with one attached hydrogen (secondary N) is 2. The fourth-order valence-electron chi connectivity index (χ4n) is 2.04. The lowest BCUT2D eigenvalue weighted by molar-refractivity contribution is 0.603. The quantitative estimate of drug-likeness (QED) is 0.886. The van der Waals surface area contributed by atoms with Gasteiger partial charge in [0.1, 0.15) is 10.0 Å². The van der Waals surface area contributed by atoms with Crippen LogP contribution in [0.1, 0.15) is 21.7 Å². The van der Waals surface area contributed by atoms with Crippen LogP contribution in [0.5, 0.6) is 0 Å². The van der Waals surface area contributed by atoms with Crippen molar-refractivity contribution in [2.24, 2.45) is 0 Å². The van der Waals surface area contributed by atoms with Gasteiger partial charge < -0.3 is 5.32 Å². The van der Waals surface area contributed by atoms with Crippen molar-refractivity contribution in [2.75, 3.05) is 11.8 Å². The van der Waals surface area contributed by atoms with Crippen LogP contribution in [0, 0.1) is 20.8 Å². The zero-order valence-electron chi connectivity index (χ0n) is 12.5. The van der Waals surface area contributed by atoms with Crippen molar-refractivity contribution in [1.82, 2.24) is 10.3 Å². The van der Waals surface area contributed by atoms with Gasteiger partial charge in [-0.15, -0.1) is 11.3 Å². The number of aromatic nitrogens is 1. The van der Waals surface area contributed by atoms with Crippen LogP contribution in [0.3, 0.4) is 0 Å². The normalized spacial score (nSPS) is 11.6. The van der Waals surface area contributed by atoms with Crippen LogP contribution in [0.2, 0.25) is 0 Å². The Morgan fingerprint density at radius 2 is 1.90 bits per heavy atom. The minimum atomic E-state index is -3.59. The van der Waals surface area contributed by atoms with Gasteiger partial charge in [-0.1, -0.05) is 0 Å². The van der Waals surface area contributed by atoms with E-state index in [9.17, 15) is 8.42 Å². The van der Waals surface area contributed by atoms with E-state index < -0.39 is 10.0 Å². The molecule has 0 radical (unpaired) electrons. The highest BCUT2D eigenvalue weighted by atomic mass is 32.2. The van der Waals surface area contributed by atoms with Gasteiger partial charge >= 0.3 is 0 Å². The Bertz CT molecular complexity index is 731. The molecule has 2 aromatic rings. The van der Waals surface area contributed by atoms with E-state index in [1.807, 2.05) is 33.9 Å². The number of hydrogen-bond donors (Lipinski definition) is 2. The van der Waals surface area contributed by atoms with E-state index in [-0.39, 0.29) is 0 Å². The molecule has 0 aromatic carbocycles. The van der Waals surface area contributed by atoms with Crippen molar-refractivity contribution in [3.63, 3.8) is 0 Å². The largest absolute Gasteiger partial charge is 0.315 e. The summed E-state index contributed by atoms with van der Waals surface area (Å²) in [6, 6.07) is 5.32. The molecule has 2 aromatic heterocycles. The average molecular weight is 325 g/mol. The monoisotopic (exact) mass is 325 g/mol. The summed E-state index contributed by atoms with van der Waals surface area (Å²) in [5, 5.41) is 3.04. The number of nitrogens with zero attached hydrogens (tertiary/aromatic N) is 1. The van der Waals surface area contributed by atoms with Gasteiger partial charge in [-0.05, 0) is 57.1 Å². The van der Waals surface area contributed by atoms with Gasteiger partial charge in [0.25, 0.3) is 10.0 Å². The van der Waals surface area contributed by atoms with Crippen molar-refractivity contribution in [3.05, 3.63) is 39.9 Å². The Morgan fingerprint density at radius 1 is 1.19 bits per heavy atom. The molecule has 0 amide bonds. The van der Waals surface area contributed by atoms with E-state index in [4.69, 9.17) is 0 Å². The number of pyridine rings is 1. The predicted molar refractivity (Wildman–Crippen MR) is 86.3 cm³/mol. The van der Waals surface area contributed by atoms with Crippen molar-refractivity contribution in [1.29, 1.82) is 0 Å². The molecular formula is C14H19N3O2S2. The second-order valence-electron chi connectivity index (χ2n) is 4.98. The maximum atomic E-state index is 12.4. The lowest BCUT2D eigenvalue weighted by Crippen LogP contribution is -2.13. The van der Waals surface area contributed by atoms with E-state index >= 15 is 0 Å². The number of hydrogen-bond acceptors (Lipinski definition) is 5. The third-order valence-electron chi connectivity index (χ3n) is 2.94. The molecule has 0 unspecified atom stereocenters. The van der Waals surface area contributed by atoms with Crippen LogP contribution in [-0.4, -0.2) is 20.4 Å². The highest BCUT2D eigenvalue weighted by Crippen LogP contribution is 2.27. The number of rotatable bonds is 5. The lowest BCUT2D eigenvalue weighted by atomic mass is 10.2. The number of thiophene rings is 1. The summed E-state index contributed by atoms with van der Waals surface area (Å²) in [7, 11) is -1.75. The van der Waals surface area contributed by atoms with Crippen LogP contribution >= 0.6 is 11.3 Å². The van der Waals surface area contributed by atoms with Crippen molar-refractivity contribution >= 4 is 27.2 Å². The highest BCUT2D eigenvalue weighted by molar-refractivity contribution is 7.94. The van der Waals surface area contributed by atoms with Crippen LogP contribution in [-0.2, 0) is 16.6 Å². The molecule has 2 N–H and O–H groups in total. The Labute approximate surface area is 129 Å². The van der Waals surface area contributed by atoms with E-state index in [0.717, 1.165) is 21.7 Å². The first-order chi connectivity index (χ1) is 9.81. The highest BCUT2D eigenvalue weighted by Gasteiger charge is 2.19. The number of anilines is 1. The first-order valence-corrected chi connectivity index (χ1v) is 8.84. The first kappa shape index (κ1) is 15.9. The number of aryl methyl sites for hydroxylation is 3. The first-order valence-electron chi connectivity index (χ1n) is 6.54. The van der Waals surface area contributed by atoms with Crippen LogP contribution in [0.25, 0.3) is 0 Å². The molecule has 0 saturated carbocycles. The fourth-order valence-corrected chi connectivity index (χ4v) is 4.63. The summed E-state index contributed by atoms with van der Waals surface area (Å²) in [4.78, 5) is 5.23. The van der Waals surface area contributed by atoms with E-state index in [1.165, 1.54) is 11.3 Å². The Morgan fingerprint density at radius 3 is 2.52 bits per heavy atom. The van der Waals surface area contributed by atoms with Gasteiger partial charge in [0.2, 0.25) is 0 Å². The molecule has 21 heavy (non-hydrogen) atoms. The molecule has 2 rings (SSSR count). The molecule has 0 aliphatic heterocycles. The molecule has 0 aliphatic carbocycles. The molecule has 0 atom stereocenters. The standard InChI is InChI=1S/C14H19N3O2S2/c1-9-5-11(3)16-13(6-9)17-21(18,19)14-7-10(2)12(20-14)8-15-4/h5-7,15H,8H2,1-4H3,(H,16,17). The molecule has 0 aliphatic rings. The van der Waals surface area contributed by atoms with Crippen LogP contribution in [0.15, 0.2) is 22.4 Å². The molecule has 114 valence electrons. The molecule has 2 heterocycles. The van der Waals surface area contributed by atoms with Crippen molar-refractivity contribution in [3.8, 4) is 0 Å². The second-order valence-corrected chi connectivity index (χ2v) is 8.02. The van der Waals surface area contributed by atoms with Crippen molar-refractivity contribution in [2.45, 2.75) is 31.5 Å². The van der Waals surface area contributed by atoms with Crippen LogP contribution < -0.4 is 10.0 Å². The summed E-state index contributed by atoms with van der Waals surface area (Å²) in [6.07, 6.45) is 0. The van der Waals surface area contributed by atoms with Gasteiger partial charge in [-0.25, -0.2) is 13.4 Å². The summed E-state index contributed by atoms with van der Waals surface area (Å²) >= 11 is 1.28. The SMILES string of the molecule is CNCc1sc(S(=O)(=O)Nc2cc(C)cc(C)n2)cc1C. The molecule has 7 heteroatoms. The smallest absolute Gasteiger partial charge is 0.272 e. The molecule has 0 bridgehead atoms. The molecular weight excluding hydrogens is 306 g/mol. The predicted octanol–water partition coefficient (Wildman–Crippen LogP) is 2.59. The molecule has 0 fully saturated rings. The minimum Gasteiger partial charge on any atom is -0.315 e. The van der Waals surface area contributed by atoms with Gasteiger partial charge in [-0.2, -0.15) is 0 Å². The van der Waals surface area contributed by atoms with Gasteiger partial charge in [0.05, 0.1) is 0 Å². The Balaban J connectivity index is 2.31. The van der Waals surface area contributed by atoms with Crippen LogP contribution in [0.4, 0.5) is 5.82 Å². The molecule has 0 saturated heterocycles. The maximum Gasteiger partial charge on any atom is 0.272 e. The van der Waals surface area contributed by atoms with Crippen molar-refractivity contribution < 1.29 is 8.42 Å². The average Bonchev–Trinajstić information content (AvgIpc) is 2.70. The van der Waals surface area contributed by atoms with Gasteiger partial charge in [0.15, 0.2) is 0 Å². The minimum absolute atomic E-state index is 0.311. The lowest BCUT2D eigenvalue weighted by Gasteiger charge is -2.07. The number of sulfonamides is 1. The topological polar surface area (TPSA) is 71.1 Å². The zero-order valence-corrected chi connectivity index (χ0v) is 14.2. The second kappa shape index (κ2) is 6.13. The molecule has 0 spiro atoms.